The van der Waals surface area contributed by atoms with Crippen LogP contribution >= 0.6 is 11.8 Å². The molecule has 0 saturated heterocycles. The van der Waals surface area contributed by atoms with E-state index < -0.39 is 28.1 Å². The fourth-order valence-electron chi connectivity index (χ4n) is 2.17. The third kappa shape index (κ3) is 4.47. The largest absolute Gasteiger partial charge is 0.415 e. The van der Waals surface area contributed by atoms with Gasteiger partial charge >= 0.3 is 11.7 Å². The standard InChI is InChI=1S/C17H12FN3O5S/c1-10-19-16(26-20-10)9-27-15-5-3-2-4-12(15)17(22)25-14-8-11(18)6-7-13(14)21(23)24/h2-8H,9H2,1H3. The summed E-state index contributed by atoms with van der Waals surface area (Å²) >= 11 is 1.26. The van der Waals surface area contributed by atoms with E-state index in [1.54, 1.807) is 25.1 Å². The number of nitro groups is 1. The zero-order valence-electron chi connectivity index (χ0n) is 13.9. The van der Waals surface area contributed by atoms with Gasteiger partial charge in [0.1, 0.15) is 5.82 Å². The minimum Gasteiger partial charge on any atom is -0.415 e. The molecule has 0 radical (unpaired) electrons. The lowest BCUT2D eigenvalue weighted by atomic mass is 10.2. The number of nitrogens with zero attached hydrogens (tertiary/aromatic N) is 3. The number of carbonyl (C=O) groups is 1. The minimum atomic E-state index is -0.839. The predicted molar refractivity (Wildman–Crippen MR) is 93.1 cm³/mol. The number of rotatable bonds is 6. The molecule has 0 N–H and O–H groups in total. The summed E-state index contributed by atoms with van der Waals surface area (Å²) in [5.41, 5.74) is -0.325. The smallest absolute Gasteiger partial charge is 0.344 e. The van der Waals surface area contributed by atoms with E-state index in [4.69, 9.17) is 9.26 Å². The van der Waals surface area contributed by atoms with Gasteiger partial charge in [-0.15, -0.1) is 11.8 Å². The van der Waals surface area contributed by atoms with Gasteiger partial charge in [0.2, 0.25) is 11.6 Å². The van der Waals surface area contributed by atoms with Gasteiger partial charge in [-0.2, -0.15) is 4.98 Å². The van der Waals surface area contributed by atoms with E-state index in [-0.39, 0.29) is 5.56 Å². The lowest BCUT2D eigenvalue weighted by molar-refractivity contribution is -0.385. The maximum Gasteiger partial charge on any atom is 0.344 e. The van der Waals surface area contributed by atoms with Crippen molar-refractivity contribution in [1.82, 2.24) is 10.1 Å². The molecule has 27 heavy (non-hydrogen) atoms. The monoisotopic (exact) mass is 389 g/mol. The van der Waals surface area contributed by atoms with Crippen molar-refractivity contribution < 1.29 is 23.4 Å². The van der Waals surface area contributed by atoms with Gasteiger partial charge in [-0.25, -0.2) is 9.18 Å². The van der Waals surface area contributed by atoms with Crippen LogP contribution in [0.1, 0.15) is 22.1 Å². The van der Waals surface area contributed by atoms with Crippen molar-refractivity contribution in [3.05, 3.63) is 75.7 Å². The summed E-state index contributed by atoms with van der Waals surface area (Å²) < 4.78 is 23.5. The molecule has 0 amide bonds. The van der Waals surface area contributed by atoms with Crippen molar-refractivity contribution >= 4 is 23.4 Å². The third-order valence-corrected chi connectivity index (χ3v) is 4.41. The van der Waals surface area contributed by atoms with Crippen LogP contribution in [0.5, 0.6) is 5.75 Å². The first-order chi connectivity index (χ1) is 12.9. The van der Waals surface area contributed by atoms with Crippen LogP contribution in [0.4, 0.5) is 10.1 Å². The first kappa shape index (κ1) is 18.5. The highest BCUT2D eigenvalue weighted by Crippen LogP contribution is 2.30. The molecule has 2 aromatic carbocycles. The number of thioether (sulfide) groups is 1. The number of ether oxygens (including phenoxy) is 1. The second-order valence-electron chi connectivity index (χ2n) is 5.28. The second kappa shape index (κ2) is 7.96. The first-order valence-electron chi connectivity index (χ1n) is 7.61. The molecule has 0 aliphatic heterocycles. The van der Waals surface area contributed by atoms with Gasteiger partial charge in [0.15, 0.2) is 5.82 Å². The van der Waals surface area contributed by atoms with E-state index in [0.717, 1.165) is 18.2 Å². The van der Waals surface area contributed by atoms with Crippen LogP contribution in [0, 0.1) is 22.9 Å². The maximum atomic E-state index is 13.4. The van der Waals surface area contributed by atoms with Crippen molar-refractivity contribution in [2.24, 2.45) is 0 Å². The highest BCUT2D eigenvalue weighted by Gasteiger charge is 2.21. The number of carbonyl (C=O) groups excluding carboxylic acids is 1. The Kier molecular flexibility index (Phi) is 5.46. The highest BCUT2D eigenvalue weighted by atomic mass is 32.2. The molecule has 0 fully saturated rings. The molecule has 0 aliphatic carbocycles. The SMILES string of the molecule is Cc1noc(CSc2ccccc2C(=O)Oc2cc(F)ccc2[N+](=O)[O-])n1. The Morgan fingerprint density at radius 3 is 2.81 bits per heavy atom. The minimum absolute atomic E-state index is 0.178. The van der Waals surface area contributed by atoms with Crippen LogP contribution in [0.15, 0.2) is 51.9 Å². The van der Waals surface area contributed by atoms with E-state index in [9.17, 15) is 19.3 Å². The van der Waals surface area contributed by atoms with Crippen molar-refractivity contribution in [3.8, 4) is 5.75 Å². The summed E-state index contributed by atoms with van der Waals surface area (Å²) in [6.07, 6.45) is 0. The summed E-state index contributed by atoms with van der Waals surface area (Å²) in [7, 11) is 0. The summed E-state index contributed by atoms with van der Waals surface area (Å²) in [6.45, 7) is 1.69. The van der Waals surface area contributed by atoms with E-state index in [0.29, 0.717) is 22.4 Å². The van der Waals surface area contributed by atoms with Gasteiger partial charge < -0.3 is 9.26 Å². The average molecular weight is 389 g/mol. The van der Waals surface area contributed by atoms with Crippen molar-refractivity contribution in [3.63, 3.8) is 0 Å². The van der Waals surface area contributed by atoms with Crippen molar-refractivity contribution in [1.29, 1.82) is 0 Å². The van der Waals surface area contributed by atoms with Gasteiger partial charge in [-0.3, -0.25) is 10.1 Å². The molecule has 0 spiro atoms. The Labute approximate surface area is 156 Å². The topological polar surface area (TPSA) is 108 Å². The van der Waals surface area contributed by atoms with Crippen LogP contribution < -0.4 is 4.74 Å². The maximum absolute atomic E-state index is 13.4. The fourth-order valence-corrected chi connectivity index (χ4v) is 3.05. The number of aryl methyl sites for hydroxylation is 1. The molecule has 0 aliphatic rings. The Balaban J connectivity index is 1.81. The van der Waals surface area contributed by atoms with Crippen LogP contribution in [-0.2, 0) is 5.75 Å². The molecular weight excluding hydrogens is 377 g/mol. The predicted octanol–water partition coefficient (Wildman–Crippen LogP) is 3.94. The van der Waals surface area contributed by atoms with Gasteiger partial charge in [0.25, 0.3) is 0 Å². The Morgan fingerprint density at radius 1 is 1.33 bits per heavy atom. The summed E-state index contributed by atoms with van der Waals surface area (Å²) in [4.78, 5) is 27.4. The quantitative estimate of drug-likeness (QED) is 0.205. The van der Waals surface area contributed by atoms with Crippen LogP contribution in [0.3, 0.4) is 0 Å². The molecule has 0 unspecified atom stereocenters. The normalized spacial score (nSPS) is 10.6. The Bertz CT molecular complexity index is 1010. The van der Waals surface area contributed by atoms with E-state index in [1.165, 1.54) is 17.8 Å². The zero-order valence-corrected chi connectivity index (χ0v) is 14.7. The number of halogens is 1. The van der Waals surface area contributed by atoms with Gasteiger partial charge in [0.05, 0.1) is 16.2 Å². The molecule has 0 atom stereocenters. The third-order valence-electron chi connectivity index (χ3n) is 3.35. The molecule has 3 aromatic rings. The molecule has 3 rings (SSSR count). The summed E-state index contributed by atoms with van der Waals surface area (Å²) in [5, 5.41) is 14.7. The molecule has 0 bridgehead atoms. The highest BCUT2D eigenvalue weighted by molar-refractivity contribution is 7.98. The van der Waals surface area contributed by atoms with Crippen LogP contribution in [-0.4, -0.2) is 21.0 Å². The van der Waals surface area contributed by atoms with Crippen LogP contribution in [0.25, 0.3) is 0 Å². The number of benzene rings is 2. The molecular formula is C17H12FN3O5S. The van der Waals surface area contributed by atoms with Gasteiger partial charge in [-0.05, 0) is 25.1 Å². The zero-order chi connectivity index (χ0) is 19.4. The first-order valence-corrected chi connectivity index (χ1v) is 8.59. The lowest BCUT2D eigenvalue weighted by Gasteiger charge is -2.08. The van der Waals surface area contributed by atoms with Gasteiger partial charge in [0, 0.05) is 17.0 Å². The fraction of sp³-hybridized carbons (Fsp3) is 0.118. The number of hydrogen-bond donors (Lipinski definition) is 0. The number of esters is 1. The average Bonchev–Trinajstić information content (AvgIpc) is 3.05. The van der Waals surface area contributed by atoms with E-state index >= 15 is 0 Å². The molecule has 1 aromatic heterocycles. The molecule has 1 heterocycles. The molecule has 0 saturated carbocycles. The Hall–Kier alpha value is -3.27. The van der Waals surface area contributed by atoms with Crippen LogP contribution in [0.2, 0.25) is 0 Å². The summed E-state index contributed by atoms with van der Waals surface area (Å²) in [5.74, 6) is -0.840. The summed E-state index contributed by atoms with van der Waals surface area (Å²) in [6, 6.07) is 9.20. The molecule has 8 nitrogen and oxygen atoms in total. The van der Waals surface area contributed by atoms with E-state index in [1.807, 2.05) is 0 Å². The van der Waals surface area contributed by atoms with Gasteiger partial charge in [-0.1, -0.05) is 17.3 Å². The number of hydrogen-bond acceptors (Lipinski definition) is 8. The van der Waals surface area contributed by atoms with Crippen molar-refractivity contribution in [2.75, 3.05) is 0 Å². The lowest BCUT2D eigenvalue weighted by Crippen LogP contribution is -2.11. The number of aromatic nitrogens is 2. The molecule has 138 valence electrons. The van der Waals surface area contributed by atoms with E-state index in [2.05, 4.69) is 10.1 Å². The number of nitro benzene ring substituents is 1. The molecule has 10 heteroatoms. The second-order valence-corrected chi connectivity index (χ2v) is 6.30. The Morgan fingerprint density at radius 2 is 2.11 bits per heavy atom. The van der Waals surface area contributed by atoms with Crippen molar-refractivity contribution in [2.45, 2.75) is 17.6 Å².